The second-order valence-electron chi connectivity index (χ2n) is 2.62. The Morgan fingerprint density at radius 3 is 3.22 bits per heavy atom. The summed E-state index contributed by atoms with van der Waals surface area (Å²) in [5, 5.41) is 11.5. The first kappa shape index (κ1) is 5.21. The van der Waals surface area contributed by atoms with Gasteiger partial charge in [-0.2, -0.15) is 0 Å². The summed E-state index contributed by atoms with van der Waals surface area (Å²) in [5.74, 6) is 0. The van der Waals surface area contributed by atoms with Gasteiger partial charge in [-0.15, -0.1) is 0 Å². The smallest absolute Gasteiger partial charge is 0.129 e. The van der Waals surface area contributed by atoms with Gasteiger partial charge in [0, 0.05) is 12.5 Å². The number of quaternary nitrogens is 1. The Morgan fingerprint density at radius 1 is 1.56 bits per heavy atom. The van der Waals surface area contributed by atoms with E-state index in [1.807, 2.05) is 18.2 Å². The summed E-state index contributed by atoms with van der Waals surface area (Å²) in [5.41, 5.74) is 0.968. The number of fused-ring (bicyclic) bond motifs is 1. The third-order valence-corrected chi connectivity index (χ3v) is 2.00. The van der Waals surface area contributed by atoms with Crippen molar-refractivity contribution in [1.82, 2.24) is 0 Å². The van der Waals surface area contributed by atoms with Gasteiger partial charge < -0.3 is 9.85 Å². The molecule has 1 atom stereocenters. The molecule has 0 fully saturated rings. The molecule has 1 unspecified atom stereocenters. The highest BCUT2D eigenvalue weighted by Crippen LogP contribution is 2.29. The van der Waals surface area contributed by atoms with Crippen LogP contribution in [0.15, 0.2) is 23.9 Å². The maximum atomic E-state index is 11.5. The molecule has 48 valence electrons. The van der Waals surface area contributed by atoms with Crippen molar-refractivity contribution >= 4 is 0 Å². The minimum absolute atomic E-state index is 0.0833. The minimum atomic E-state index is -0.0833. The Kier molecular flexibility index (Phi) is 0.845. The number of allylic oxidation sites excluding steroid dienone is 1. The molecule has 0 radical (unpaired) electrons. The first-order chi connectivity index (χ1) is 4.31. The van der Waals surface area contributed by atoms with E-state index >= 15 is 0 Å². The molecule has 0 saturated heterocycles. The van der Waals surface area contributed by atoms with E-state index in [1.165, 1.54) is 0 Å². The number of hydrogen-bond acceptors (Lipinski definition) is 1. The molecule has 0 spiro atoms. The highest BCUT2D eigenvalue weighted by atomic mass is 16.5. The Balaban J connectivity index is 2.39. The summed E-state index contributed by atoms with van der Waals surface area (Å²) in [6.07, 6.45) is 6.90. The summed E-state index contributed by atoms with van der Waals surface area (Å²) in [6, 6.07) is 0. The molecule has 2 rings (SSSR count). The zero-order valence-corrected chi connectivity index (χ0v) is 5.21. The van der Waals surface area contributed by atoms with Gasteiger partial charge in [0.2, 0.25) is 0 Å². The molecule has 0 bridgehead atoms. The molecule has 0 amide bonds. The normalized spacial score (nSPS) is 39.0. The van der Waals surface area contributed by atoms with Crippen molar-refractivity contribution in [3.63, 3.8) is 0 Å². The number of rotatable bonds is 0. The van der Waals surface area contributed by atoms with Crippen LogP contribution in [0.4, 0.5) is 0 Å². The predicted octanol–water partition coefficient (Wildman–Crippen LogP) is 1.16. The third kappa shape index (κ3) is 0.573. The molecule has 2 aliphatic rings. The van der Waals surface area contributed by atoms with Crippen molar-refractivity contribution in [2.45, 2.75) is 6.42 Å². The third-order valence-electron chi connectivity index (χ3n) is 2.00. The van der Waals surface area contributed by atoms with Gasteiger partial charge in [-0.25, -0.2) is 0 Å². The SMILES string of the molecule is [O-][N+]12CC=CC1=CCC2. The summed E-state index contributed by atoms with van der Waals surface area (Å²) in [7, 11) is 0. The van der Waals surface area contributed by atoms with E-state index in [-0.39, 0.29) is 4.65 Å². The van der Waals surface area contributed by atoms with E-state index in [0.29, 0.717) is 6.54 Å². The second-order valence-corrected chi connectivity index (χ2v) is 2.62. The van der Waals surface area contributed by atoms with Crippen LogP contribution in [-0.4, -0.2) is 17.7 Å². The van der Waals surface area contributed by atoms with Crippen molar-refractivity contribution in [2.24, 2.45) is 0 Å². The first-order valence-corrected chi connectivity index (χ1v) is 3.27. The Hall–Kier alpha value is -0.600. The zero-order chi connectivity index (χ0) is 6.32. The largest absolute Gasteiger partial charge is 0.627 e. The van der Waals surface area contributed by atoms with Crippen LogP contribution >= 0.6 is 0 Å². The van der Waals surface area contributed by atoms with Crippen LogP contribution in [0.1, 0.15) is 6.42 Å². The Labute approximate surface area is 54.3 Å². The number of hydroxylamine groups is 3. The Morgan fingerprint density at radius 2 is 2.44 bits per heavy atom. The summed E-state index contributed by atoms with van der Waals surface area (Å²) >= 11 is 0. The molecular formula is C7H9NO. The van der Waals surface area contributed by atoms with E-state index < -0.39 is 0 Å². The van der Waals surface area contributed by atoms with Crippen LogP contribution in [0.2, 0.25) is 0 Å². The maximum Gasteiger partial charge on any atom is 0.129 e. The predicted molar refractivity (Wildman–Crippen MR) is 35.2 cm³/mol. The fourth-order valence-corrected chi connectivity index (χ4v) is 1.46. The van der Waals surface area contributed by atoms with Gasteiger partial charge in [-0.05, 0) is 12.2 Å². The molecule has 0 aliphatic carbocycles. The van der Waals surface area contributed by atoms with E-state index in [0.717, 1.165) is 18.7 Å². The Bertz CT molecular complexity index is 195. The van der Waals surface area contributed by atoms with Gasteiger partial charge >= 0.3 is 0 Å². The lowest BCUT2D eigenvalue weighted by atomic mass is 10.4. The average molecular weight is 123 g/mol. The fourth-order valence-electron chi connectivity index (χ4n) is 1.46. The van der Waals surface area contributed by atoms with Gasteiger partial charge in [0.05, 0.1) is 6.54 Å². The highest BCUT2D eigenvalue weighted by molar-refractivity contribution is 5.20. The van der Waals surface area contributed by atoms with Gasteiger partial charge in [0.25, 0.3) is 0 Å². The van der Waals surface area contributed by atoms with Gasteiger partial charge in [0.15, 0.2) is 0 Å². The van der Waals surface area contributed by atoms with Gasteiger partial charge in [-0.3, -0.25) is 0 Å². The van der Waals surface area contributed by atoms with Crippen LogP contribution in [-0.2, 0) is 0 Å². The molecular weight excluding hydrogens is 114 g/mol. The molecule has 2 nitrogen and oxygen atoms in total. The molecule has 0 aromatic rings. The lowest BCUT2D eigenvalue weighted by Crippen LogP contribution is -2.34. The maximum absolute atomic E-state index is 11.5. The van der Waals surface area contributed by atoms with Crippen LogP contribution in [0.3, 0.4) is 0 Å². The molecule has 2 heteroatoms. The van der Waals surface area contributed by atoms with Gasteiger partial charge in [-0.1, -0.05) is 0 Å². The average Bonchev–Trinajstić information content (AvgIpc) is 2.22. The van der Waals surface area contributed by atoms with E-state index in [4.69, 9.17) is 0 Å². The molecule has 9 heavy (non-hydrogen) atoms. The van der Waals surface area contributed by atoms with Crippen LogP contribution < -0.4 is 0 Å². The number of nitrogens with zero attached hydrogens (tertiary/aromatic N) is 1. The van der Waals surface area contributed by atoms with Crippen molar-refractivity contribution in [3.05, 3.63) is 29.1 Å². The minimum Gasteiger partial charge on any atom is -0.627 e. The van der Waals surface area contributed by atoms with Crippen molar-refractivity contribution in [3.8, 4) is 0 Å². The van der Waals surface area contributed by atoms with Gasteiger partial charge in [0.1, 0.15) is 12.2 Å². The van der Waals surface area contributed by atoms with Crippen molar-refractivity contribution < 1.29 is 4.65 Å². The van der Waals surface area contributed by atoms with Crippen molar-refractivity contribution in [2.75, 3.05) is 13.1 Å². The topological polar surface area (TPSA) is 23.1 Å². The van der Waals surface area contributed by atoms with E-state index in [1.54, 1.807) is 0 Å². The lowest BCUT2D eigenvalue weighted by Gasteiger charge is -2.35. The molecule has 0 aromatic carbocycles. The molecule has 2 heterocycles. The summed E-state index contributed by atoms with van der Waals surface area (Å²) < 4.78 is -0.0833. The number of hydrogen-bond donors (Lipinski definition) is 0. The molecule has 0 saturated carbocycles. The summed E-state index contributed by atoms with van der Waals surface area (Å²) in [6.45, 7) is 1.41. The van der Waals surface area contributed by atoms with Crippen LogP contribution in [0.25, 0.3) is 0 Å². The molecule has 0 aromatic heterocycles. The monoisotopic (exact) mass is 123 g/mol. The highest BCUT2D eigenvalue weighted by Gasteiger charge is 2.28. The summed E-state index contributed by atoms with van der Waals surface area (Å²) in [4.78, 5) is 0. The first-order valence-electron chi connectivity index (χ1n) is 3.27. The standard InChI is InChI=1S/C7H9NO/c9-8-5-1-3-7(8)4-2-6-8/h1,3-4H,2,5-6H2. The molecule has 0 N–H and O–H groups in total. The quantitative estimate of drug-likeness (QED) is 0.350. The second kappa shape index (κ2) is 1.46. The van der Waals surface area contributed by atoms with E-state index in [2.05, 4.69) is 0 Å². The van der Waals surface area contributed by atoms with Crippen molar-refractivity contribution in [1.29, 1.82) is 0 Å². The fraction of sp³-hybridized carbons (Fsp3) is 0.429. The zero-order valence-electron chi connectivity index (χ0n) is 5.21. The van der Waals surface area contributed by atoms with Crippen LogP contribution in [0, 0.1) is 5.21 Å². The molecule has 2 aliphatic heterocycles. The lowest BCUT2D eigenvalue weighted by molar-refractivity contribution is -0.822. The van der Waals surface area contributed by atoms with Crippen LogP contribution in [0.5, 0.6) is 0 Å². The van der Waals surface area contributed by atoms with E-state index in [9.17, 15) is 5.21 Å².